The number of hydrogen-bond donors (Lipinski definition) is 2. The van der Waals surface area contributed by atoms with Gasteiger partial charge < -0.3 is 15.2 Å². The second-order valence-electron chi connectivity index (χ2n) is 8.43. The Balaban J connectivity index is 1.45. The Labute approximate surface area is 189 Å². The SMILES string of the molecule is CN1CCN(Cc2cnc3[nH]cc(-c4ccn5ncc(C(=O)NCC(F)F)c5c4)c3c2)CC1. The number of hydrogen-bond acceptors (Lipinski definition) is 5. The van der Waals surface area contributed by atoms with Gasteiger partial charge in [-0.05, 0) is 36.4 Å². The number of aromatic nitrogens is 4. The number of rotatable bonds is 6. The Morgan fingerprint density at radius 1 is 1.21 bits per heavy atom. The molecule has 8 nitrogen and oxygen atoms in total. The number of nitrogens with zero attached hydrogens (tertiary/aromatic N) is 5. The summed E-state index contributed by atoms with van der Waals surface area (Å²) in [5, 5.41) is 7.41. The molecule has 1 amide bonds. The van der Waals surface area contributed by atoms with Gasteiger partial charge in [0.05, 0.1) is 23.8 Å². The van der Waals surface area contributed by atoms with Gasteiger partial charge in [0.2, 0.25) is 0 Å². The summed E-state index contributed by atoms with van der Waals surface area (Å²) in [5.41, 5.74) is 4.58. The second kappa shape index (κ2) is 8.87. The molecule has 4 aromatic rings. The molecule has 0 atom stereocenters. The highest BCUT2D eigenvalue weighted by molar-refractivity contribution is 6.02. The first kappa shape index (κ1) is 21.5. The molecule has 1 aliphatic heterocycles. The summed E-state index contributed by atoms with van der Waals surface area (Å²) in [6.45, 7) is 4.33. The highest BCUT2D eigenvalue weighted by Gasteiger charge is 2.17. The summed E-state index contributed by atoms with van der Waals surface area (Å²) in [6.07, 6.45) is 4.35. The van der Waals surface area contributed by atoms with Crippen LogP contribution in [-0.4, -0.2) is 81.5 Å². The molecule has 5 heterocycles. The van der Waals surface area contributed by atoms with Crippen LogP contribution in [0.2, 0.25) is 0 Å². The van der Waals surface area contributed by atoms with E-state index in [0.717, 1.165) is 60.4 Å². The summed E-state index contributed by atoms with van der Waals surface area (Å²) < 4.78 is 26.6. The van der Waals surface area contributed by atoms with Crippen LogP contribution in [0.25, 0.3) is 27.7 Å². The largest absolute Gasteiger partial charge is 0.346 e. The third-order valence-corrected chi connectivity index (χ3v) is 6.08. The number of nitrogens with one attached hydrogen (secondary N) is 2. The third kappa shape index (κ3) is 4.44. The van der Waals surface area contributed by atoms with E-state index < -0.39 is 18.9 Å². The summed E-state index contributed by atoms with van der Waals surface area (Å²) in [4.78, 5) is 24.9. The van der Waals surface area contributed by atoms with Crippen molar-refractivity contribution in [2.45, 2.75) is 13.0 Å². The third-order valence-electron chi connectivity index (χ3n) is 6.08. The molecular formula is C23H25F2N7O. The van der Waals surface area contributed by atoms with Crippen molar-refractivity contribution in [2.75, 3.05) is 39.8 Å². The summed E-state index contributed by atoms with van der Waals surface area (Å²) in [7, 11) is 2.14. The molecule has 0 bridgehead atoms. The fourth-order valence-electron chi connectivity index (χ4n) is 4.22. The van der Waals surface area contributed by atoms with Crippen LogP contribution in [-0.2, 0) is 6.54 Å². The number of alkyl halides is 2. The quantitative estimate of drug-likeness (QED) is 0.469. The van der Waals surface area contributed by atoms with E-state index in [1.165, 1.54) is 6.20 Å². The number of fused-ring (bicyclic) bond motifs is 2. The molecule has 0 aliphatic carbocycles. The van der Waals surface area contributed by atoms with Crippen LogP contribution in [0.3, 0.4) is 0 Å². The lowest BCUT2D eigenvalue weighted by molar-refractivity contribution is 0.0893. The van der Waals surface area contributed by atoms with Crippen LogP contribution in [0.4, 0.5) is 8.78 Å². The molecule has 1 saturated heterocycles. The maximum absolute atomic E-state index is 12.5. The predicted octanol–water partition coefficient (Wildman–Crippen LogP) is 2.62. The number of amides is 1. The van der Waals surface area contributed by atoms with Gasteiger partial charge in [-0.2, -0.15) is 5.10 Å². The van der Waals surface area contributed by atoms with E-state index in [1.54, 1.807) is 10.7 Å². The van der Waals surface area contributed by atoms with Gasteiger partial charge in [-0.15, -0.1) is 0 Å². The van der Waals surface area contributed by atoms with Gasteiger partial charge in [0, 0.05) is 62.3 Å². The van der Waals surface area contributed by atoms with Crippen molar-refractivity contribution < 1.29 is 13.6 Å². The highest BCUT2D eigenvalue weighted by atomic mass is 19.3. The molecule has 0 saturated carbocycles. The van der Waals surface area contributed by atoms with E-state index in [9.17, 15) is 13.6 Å². The molecule has 2 N–H and O–H groups in total. The Kier molecular flexibility index (Phi) is 5.77. The van der Waals surface area contributed by atoms with Gasteiger partial charge in [-0.25, -0.2) is 18.3 Å². The first-order chi connectivity index (χ1) is 16.0. The Bertz CT molecular complexity index is 1290. The zero-order valence-electron chi connectivity index (χ0n) is 18.3. The Morgan fingerprint density at radius 2 is 2.03 bits per heavy atom. The lowest BCUT2D eigenvalue weighted by Crippen LogP contribution is -2.43. The molecule has 4 aromatic heterocycles. The molecule has 1 fully saturated rings. The minimum atomic E-state index is -2.61. The fourth-order valence-corrected chi connectivity index (χ4v) is 4.22. The van der Waals surface area contributed by atoms with Crippen LogP contribution in [0.1, 0.15) is 15.9 Å². The molecule has 10 heteroatoms. The van der Waals surface area contributed by atoms with E-state index >= 15 is 0 Å². The zero-order valence-corrected chi connectivity index (χ0v) is 18.3. The monoisotopic (exact) mass is 453 g/mol. The van der Waals surface area contributed by atoms with E-state index in [1.807, 2.05) is 24.5 Å². The normalized spacial score (nSPS) is 15.6. The van der Waals surface area contributed by atoms with E-state index in [2.05, 4.69) is 43.3 Å². The lowest BCUT2D eigenvalue weighted by atomic mass is 10.0. The van der Waals surface area contributed by atoms with Crippen molar-refractivity contribution >= 4 is 22.5 Å². The number of likely N-dealkylation sites (N-methyl/N-ethyl adjacent to an activating group) is 1. The van der Waals surface area contributed by atoms with Crippen molar-refractivity contribution in [1.29, 1.82) is 0 Å². The Morgan fingerprint density at radius 3 is 2.82 bits per heavy atom. The van der Waals surface area contributed by atoms with Crippen molar-refractivity contribution in [3.63, 3.8) is 0 Å². The molecule has 33 heavy (non-hydrogen) atoms. The minimum absolute atomic E-state index is 0.256. The minimum Gasteiger partial charge on any atom is -0.346 e. The van der Waals surface area contributed by atoms with Crippen molar-refractivity contribution in [3.05, 3.63) is 54.1 Å². The van der Waals surface area contributed by atoms with Crippen LogP contribution in [0.5, 0.6) is 0 Å². The number of halogens is 2. The summed E-state index contributed by atoms with van der Waals surface area (Å²) in [6, 6.07) is 5.92. The molecule has 5 rings (SSSR count). The molecule has 172 valence electrons. The Hall–Kier alpha value is -3.37. The molecule has 0 aromatic carbocycles. The first-order valence-electron chi connectivity index (χ1n) is 10.9. The average Bonchev–Trinajstić information content (AvgIpc) is 3.42. The fraction of sp³-hybridized carbons (Fsp3) is 0.348. The molecule has 1 aliphatic rings. The molecule has 0 unspecified atom stereocenters. The lowest BCUT2D eigenvalue weighted by Gasteiger charge is -2.32. The summed E-state index contributed by atoms with van der Waals surface area (Å²) >= 11 is 0. The van der Waals surface area contributed by atoms with Gasteiger partial charge in [-0.3, -0.25) is 9.69 Å². The highest BCUT2D eigenvalue weighted by Crippen LogP contribution is 2.30. The zero-order chi connectivity index (χ0) is 22.9. The van der Waals surface area contributed by atoms with Gasteiger partial charge in [0.15, 0.2) is 0 Å². The van der Waals surface area contributed by atoms with Crippen molar-refractivity contribution in [3.8, 4) is 11.1 Å². The molecular weight excluding hydrogens is 428 g/mol. The standard InChI is InChI=1S/C23H25F2N7O/c1-30-4-6-31(7-5-30)14-15-8-17-18(11-27-22(17)26-10-15)16-2-3-32-20(9-16)19(12-29-32)23(33)28-13-21(24)25/h2-3,8-12,21H,4-7,13-14H2,1H3,(H,26,27)(H,28,33). The van der Waals surface area contributed by atoms with Gasteiger partial charge >= 0.3 is 0 Å². The maximum atomic E-state index is 12.5. The topological polar surface area (TPSA) is 81.6 Å². The number of carbonyl (C=O) groups is 1. The number of pyridine rings is 2. The van der Waals surface area contributed by atoms with E-state index in [4.69, 9.17) is 0 Å². The summed E-state index contributed by atoms with van der Waals surface area (Å²) in [5.74, 6) is -0.572. The van der Waals surface area contributed by atoms with E-state index in [-0.39, 0.29) is 5.56 Å². The second-order valence-corrected chi connectivity index (χ2v) is 8.43. The van der Waals surface area contributed by atoms with Crippen LogP contribution in [0, 0.1) is 0 Å². The number of aromatic amines is 1. The van der Waals surface area contributed by atoms with Crippen LogP contribution >= 0.6 is 0 Å². The number of piperazine rings is 1. The van der Waals surface area contributed by atoms with Gasteiger partial charge in [0.25, 0.3) is 12.3 Å². The number of carbonyl (C=O) groups excluding carboxylic acids is 1. The predicted molar refractivity (Wildman–Crippen MR) is 121 cm³/mol. The first-order valence-corrected chi connectivity index (χ1v) is 10.9. The van der Waals surface area contributed by atoms with Crippen LogP contribution in [0.15, 0.2) is 43.0 Å². The van der Waals surface area contributed by atoms with E-state index in [0.29, 0.717) is 5.52 Å². The van der Waals surface area contributed by atoms with Crippen molar-refractivity contribution in [1.82, 2.24) is 34.7 Å². The van der Waals surface area contributed by atoms with Gasteiger partial charge in [-0.1, -0.05) is 0 Å². The van der Waals surface area contributed by atoms with Crippen LogP contribution < -0.4 is 5.32 Å². The molecule has 0 spiro atoms. The van der Waals surface area contributed by atoms with Gasteiger partial charge in [0.1, 0.15) is 5.65 Å². The number of H-pyrrole nitrogens is 1. The average molecular weight is 453 g/mol. The molecule has 0 radical (unpaired) electrons. The maximum Gasteiger partial charge on any atom is 0.255 e. The smallest absolute Gasteiger partial charge is 0.255 e. The van der Waals surface area contributed by atoms with Crippen molar-refractivity contribution in [2.24, 2.45) is 0 Å².